The first kappa shape index (κ1) is 19.9. The average molecular weight is 432 g/mol. The summed E-state index contributed by atoms with van der Waals surface area (Å²) in [5.41, 5.74) is 6.49. The number of hydrogen-bond donors (Lipinski definition) is 1. The predicted octanol–water partition coefficient (Wildman–Crippen LogP) is 4.74. The second kappa shape index (κ2) is 7.45. The molecular weight excluding hydrogens is 417 g/mol. The number of thiazole rings is 1. The zero-order valence-corrected chi connectivity index (χ0v) is 16.4. The fourth-order valence-corrected chi connectivity index (χ4v) is 4.02. The molecular formula is C20H15F3N4O2S. The Balaban J connectivity index is 1.82. The summed E-state index contributed by atoms with van der Waals surface area (Å²) in [5.74, 6) is -0.194. The zero-order chi connectivity index (χ0) is 21.5. The molecule has 1 amide bonds. The second-order valence-corrected chi connectivity index (χ2v) is 7.41. The third kappa shape index (κ3) is 3.61. The fraction of sp³-hybridized carbons (Fsp3) is 0.150. The van der Waals surface area contributed by atoms with E-state index >= 15 is 0 Å². The van der Waals surface area contributed by atoms with Crippen molar-refractivity contribution < 1.29 is 22.5 Å². The summed E-state index contributed by atoms with van der Waals surface area (Å²) < 4.78 is 47.1. The van der Waals surface area contributed by atoms with E-state index in [0.717, 1.165) is 6.07 Å². The highest BCUT2D eigenvalue weighted by Gasteiger charge is 2.33. The van der Waals surface area contributed by atoms with Crippen LogP contribution in [0.2, 0.25) is 0 Å². The van der Waals surface area contributed by atoms with Crippen LogP contribution in [0.1, 0.15) is 27.2 Å². The van der Waals surface area contributed by atoms with E-state index in [9.17, 15) is 18.0 Å². The van der Waals surface area contributed by atoms with Gasteiger partial charge < -0.3 is 14.8 Å². The molecule has 4 rings (SSSR count). The highest BCUT2D eigenvalue weighted by atomic mass is 32.1. The summed E-state index contributed by atoms with van der Waals surface area (Å²) in [6, 6.07) is 8.54. The fourth-order valence-electron chi connectivity index (χ4n) is 3.25. The SMILES string of the molecule is Cc1c(C(N)=O)cc(-c2csc(-c3ccno3)n2)n1Cc1ccccc1C(F)(F)F. The molecule has 2 N–H and O–H groups in total. The van der Waals surface area contributed by atoms with Crippen LogP contribution in [-0.2, 0) is 12.7 Å². The van der Waals surface area contributed by atoms with Crippen LogP contribution in [0.5, 0.6) is 0 Å². The van der Waals surface area contributed by atoms with E-state index in [1.807, 2.05) is 0 Å². The molecule has 154 valence electrons. The Kier molecular flexibility index (Phi) is 4.94. The summed E-state index contributed by atoms with van der Waals surface area (Å²) in [6.45, 7) is 1.54. The Morgan fingerprint density at radius 3 is 2.70 bits per heavy atom. The predicted molar refractivity (Wildman–Crippen MR) is 105 cm³/mol. The summed E-state index contributed by atoms with van der Waals surface area (Å²) in [5, 5.41) is 5.95. The zero-order valence-electron chi connectivity index (χ0n) is 15.6. The molecule has 0 radical (unpaired) electrons. The maximum absolute atomic E-state index is 13.5. The topological polar surface area (TPSA) is 86.9 Å². The maximum atomic E-state index is 13.5. The number of amides is 1. The van der Waals surface area contributed by atoms with Crippen molar-refractivity contribution in [2.45, 2.75) is 19.6 Å². The minimum atomic E-state index is -4.50. The van der Waals surface area contributed by atoms with Gasteiger partial charge in [0, 0.05) is 23.7 Å². The molecule has 0 spiro atoms. The standard InChI is InChI=1S/C20H15F3N4O2S/c1-11-13(18(24)28)8-16(15-10-30-19(26-15)17-6-7-25-29-17)27(11)9-12-4-2-3-5-14(12)20(21,22)23/h2-8,10H,9H2,1H3,(H2,24,28). The minimum absolute atomic E-state index is 0.0756. The number of alkyl halides is 3. The van der Waals surface area contributed by atoms with Crippen molar-refractivity contribution in [3.05, 3.63) is 70.4 Å². The van der Waals surface area contributed by atoms with Gasteiger partial charge in [0.1, 0.15) is 0 Å². The van der Waals surface area contributed by atoms with Crippen LogP contribution >= 0.6 is 11.3 Å². The number of aromatic nitrogens is 3. The number of carbonyl (C=O) groups is 1. The molecule has 3 aromatic heterocycles. The minimum Gasteiger partial charge on any atom is -0.366 e. The number of nitrogens with two attached hydrogens (primary N) is 1. The first-order valence-corrected chi connectivity index (χ1v) is 9.65. The van der Waals surface area contributed by atoms with Gasteiger partial charge in [-0.15, -0.1) is 11.3 Å². The molecule has 3 heterocycles. The molecule has 0 saturated carbocycles. The Labute approximate surface area is 172 Å². The molecule has 1 aromatic carbocycles. The van der Waals surface area contributed by atoms with Crippen LogP contribution in [0.25, 0.3) is 22.2 Å². The highest BCUT2D eigenvalue weighted by Crippen LogP contribution is 2.35. The number of carbonyl (C=O) groups excluding carboxylic acids is 1. The lowest BCUT2D eigenvalue weighted by atomic mass is 10.1. The molecule has 30 heavy (non-hydrogen) atoms. The van der Waals surface area contributed by atoms with Gasteiger partial charge in [0.05, 0.1) is 28.7 Å². The van der Waals surface area contributed by atoms with E-state index < -0.39 is 17.6 Å². The monoisotopic (exact) mass is 432 g/mol. The van der Waals surface area contributed by atoms with Crippen LogP contribution in [0.3, 0.4) is 0 Å². The average Bonchev–Trinajstić information content (AvgIpc) is 3.42. The van der Waals surface area contributed by atoms with Gasteiger partial charge in [0.25, 0.3) is 5.91 Å². The molecule has 0 saturated heterocycles. The molecule has 0 unspecified atom stereocenters. The normalized spacial score (nSPS) is 11.7. The smallest absolute Gasteiger partial charge is 0.366 e. The lowest BCUT2D eigenvalue weighted by Crippen LogP contribution is -2.15. The molecule has 0 aliphatic carbocycles. The Hall–Kier alpha value is -3.40. The Bertz CT molecular complexity index is 1210. The van der Waals surface area contributed by atoms with Crippen molar-refractivity contribution in [3.63, 3.8) is 0 Å². The number of rotatable bonds is 5. The van der Waals surface area contributed by atoms with Crippen molar-refractivity contribution >= 4 is 17.2 Å². The van der Waals surface area contributed by atoms with Crippen LogP contribution in [-0.4, -0.2) is 20.6 Å². The van der Waals surface area contributed by atoms with Crippen molar-refractivity contribution in [2.24, 2.45) is 5.73 Å². The number of nitrogens with zero attached hydrogens (tertiary/aromatic N) is 3. The van der Waals surface area contributed by atoms with Gasteiger partial charge in [0.2, 0.25) is 0 Å². The summed E-state index contributed by atoms with van der Waals surface area (Å²) in [4.78, 5) is 16.4. The van der Waals surface area contributed by atoms with Gasteiger partial charge in [-0.3, -0.25) is 4.79 Å². The van der Waals surface area contributed by atoms with Gasteiger partial charge in [0.15, 0.2) is 10.8 Å². The van der Waals surface area contributed by atoms with Gasteiger partial charge in [-0.25, -0.2) is 4.98 Å². The van der Waals surface area contributed by atoms with Crippen molar-refractivity contribution in [1.82, 2.24) is 14.7 Å². The maximum Gasteiger partial charge on any atom is 0.416 e. The largest absolute Gasteiger partial charge is 0.416 e. The van der Waals surface area contributed by atoms with Gasteiger partial charge in [-0.1, -0.05) is 23.4 Å². The van der Waals surface area contributed by atoms with Gasteiger partial charge in [-0.05, 0) is 24.6 Å². The molecule has 0 aliphatic heterocycles. The molecule has 0 fully saturated rings. The molecule has 10 heteroatoms. The van der Waals surface area contributed by atoms with E-state index in [4.69, 9.17) is 10.3 Å². The summed E-state index contributed by atoms with van der Waals surface area (Å²) >= 11 is 1.29. The molecule has 0 atom stereocenters. The van der Waals surface area contributed by atoms with E-state index in [0.29, 0.717) is 27.8 Å². The van der Waals surface area contributed by atoms with Gasteiger partial charge >= 0.3 is 6.18 Å². The first-order chi connectivity index (χ1) is 14.3. The first-order valence-electron chi connectivity index (χ1n) is 8.77. The van der Waals surface area contributed by atoms with Crippen LogP contribution in [0, 0.1) is 6.92 Å². The number of benzene rings is 1. The van der Waals surface area contributed by atoms with Crippen molar-refractivity contribution in [3.8, 4) is 22.2 Å². The van der Waals surface area contributed by atoms with E-state index in [1.54, 1.807) is 35.1 Å². The van der Waals surface area contributed by atoms with E-state index in [-0.39, 0.29) is 17.7 Å². The Morgan fingerprint density at radius 1 is 1.27 bits per heavy atom. The lowest BCUT2D eigenvalue weighted by Gasteiger charge is -2.16. The second-order valence-electron chi connectivity index (χ2n) is 6.55. The van der Waals surface area contributed by atoms with Crippen LogP contribution in [0.4, 0.5) is 13.2 Å². The third-order valence-electron chi connectivity index (χ3n) is 4.70. The third-order valence-corrected chi connectivity index (χ3v) is 5.56. The van der Waals surface area contributed by atoms with Crippen molar-refractivity contribution in [2.75, 3.05) is 0 Å². The highest BCUT2D eigenvalue weighted by molar-refractivity contribution is 7.13. The summed E-state index contributed by atoms with van der Waals surface area (Å²) in [6.07, 6.45) is -3.01. The van der Waals surface area contributed by atoms with Gasteiger partial charge in [-0.2, -0.15) is 13.2 Å². The lowest BCUT2D eigenvalue weighted by molar-refractivity contribution is -0.138. The van der Waals surface area contributed by atoms with E-state index in [2.05, 4.69) is 10.1 Å². The molecule has 4 aromatic rings. The number of hydrogen-bond acceptors (Lipinski definition) is 5. The molecule has 0 aliphatic rings. The van der Waals surface area contributed by atoms with E-state index in [1.165, 1.54) is 29.7 Å². The number of primary amides is 1. The van der Waals surface area contributed by atoms with Crippen LogP contribution in [0.15, 0.2) is 52.5 Å². The molecule has 0 bridgehead atoms. The number of halogens is 3. The van der Waals surface area contributed by atoms with Crippen molar-refractivity contribution in [1.29, 1.82) is 0 Å². The van der Waals surface area contributed by atoms with Crippen LogP contribution < -0.4 is 5.73 Å². The Morgan fingerprint density at radius 2 is 2.03 bits per heavy atom. The quantitative estimate of drug-likeness (QED) is 0.493. The molecule has 6 nitrogen and oxygen atoms in total. The summed E-state index contributed by atoms with van der Waals surface area (Å²) in [7, 11) is 0.